The molecule has 120 valence electrons. The Balaban J connectivity index is 4.06. The van der Waals surface area contributed by atoms with Crippen molar-refractivity contribution in [1.82, 2.24) is 15.8 Å². The molecule has 0 radical (unpaired) electrons. The zero-order chi connectivity index (χ0) is 16.3. The van der Waals surface area contributed by atoms with Crippen LogP contribution in [0.25, 0.3) is 0 Å². The van der Waals surface area contributed by atoms with Gasteiger partial charge in [0.05, 0.1) is 12.5 Å². The molecule has 0 spiro atoms. The van der Waals surface area contributed by atoms with E-state index < -0.39 is 26.1 Å². The van der Waals surface area contributed by atoms with Crippen LogP contribution >= 0.6 is 0 Å². The topological polar surface area (TPSA) is 131 Å². The molecule has 10 heteroatoms. The summed E-state index contributed by atoms with van der Waals surface area (Å²) < 4.78 is 0. The number of aliphatic carboxylic acids is 1. The normalized spacial score (nSPS) is 11.8. The second-order valence-corrected chi connectivity index (χ2v) is 4.96. The summed E-state index contributed by atoms with van der Waals surface area (Å²) >= 11 is 0. The first kappa shape index (κ1) is 19.9. The molecule has 0 aliphatic rings. The molecule has 0 aromatic carbocycles. The molecule has 0 heterocycles. The van der Waals surface area contributed by atoms with E-state index in [4.69, 9.17) is 10.1 Å². The lowest BCUT2D eigenvalue weighted by Gasteiger charge is -2.19. The summed E-state index contributed by atoms with van der Waals surface area (Å²) in [5.74, 6) is -1.29. The lowest BCUT2D eigenvalue weighted by atomic mass is 9.86. The van der Waals surface area contributed by atoms with E-state index in [1.54, 1.807) is 6.82 Å². The van der Waals surface area contributed by atoms with Crippen LogP contribution in [0, 0.1) is 0 Å². The van der Waals surface area contributed by atoms with E-state index in [1.165, 1.54) is 6.82 Å². The lowest BCUT2D eigenvalue weighted by molar-refractivity contribution is -0.137. The molecule has 0 saturated heterocycles. The van der Waals surface area contributed by atoms with Crippen molar-refractivity contribution in [2.75, 3.05) is 13.1 Å². The molecule has 0 bridgehead atoms. The predicted molar refractivity (Wildman–Crippen MR) is 81.7 cm³/mol. The van der Waals surface area contributed by atoms with Gasteiger partial charge < -0.3 is 30.9 Å². The highest BCUT2D eigenvalue weighted by Crippen LogP contribution is 2.02. The molecular weight excluding hydrogens is 276 g/mol. The number of carboxylic acid groups (broad SMARTS) is 1. The van der Waals surface area contributed by atoms with Crippen molar-refractivity contribution >= 4 is 26.0 Å². The molecule has 1 atom stereocenters. The maximum atomic E-state index is 11.9. The molecule has 8 nitrogen and oxygen atoms in total. The summed E-state index contributed by atoms with van der Waals surface area (Å²) in [5, 5.41) is 35.0. The quantitative estimate of drug-likeness (QED) is 0.191. The summed E-state index contributed by atoms with van der Waals surface area (Å²) in [7, 11) is -1.38. The number of hydrogen-bond donors (Lipinski definition) is 6. The summed E-state index contributed by atoms with van der Waals surface area (Å²) in [5.41, 5.74) is 0. The first-order valence-corrected chi connectivity index (χ1v) is 7.18. The number of unbranched alkanes of at least 4 members (excludes halogenated alkanes) is 1. The Hall–Kier alpha value is -1.09. The molecule has 0 aliphatic carbocycles. The Morgan fingerprint density at radius 3 is 2.29 bits per heavy atom. The van der Waals surface area contributed by atoms with Crippen LogP contribution in [0.1, 0.15) is 25.7 Å². The monoisotopic (exact) mass is 301 g/mol. The van der Waals surface area contributed by atoms with E-state index in [2.05, 4.69) is 15.8 Å². The highest BCUT2D eigenvalue weighted by Gasteiger charge is 2.20. The minimum atomic E-state index is -0.973. The van der Waals surface area contributed by atoms with Crippen molar-refractivity contribution in [1.29, 1.82) is 0 Å². The minimum absolute atomic E-state index is 0.0652. The Labute approximate surface area is 126 Å². The van der Waals surface area contributed by atoms with Gasteiger partial charge in [-0.1, -0.05) is 6.42 Å². The Morgan fingerprint density at radius 1 is 1.10 bits per heavy atom. The zero-order valence-corrected chi connectivity index (χ0v) is 12.6. The molecule has 0 aromatic rings. The molecule has 0 aromatic heterocycles. The maximum absolute atomic E-state index is 11.9. The van der Waals surface area contributed by atoms with Crippen LogP contribution in [-0.4, -0.2) is 60.3 Å². The minimum Gasteiger partial charge on any atom is -0.481 e. The first-order valence-electron chi connectivity index (χ1n) is 7.18. The second-order valence-electron chi connectivity index (χ2n) is 4.96. The van der Waals surface area contributed by atoms with Gasteiger partial charge in [-0.3, -0.25) is 9.59 Å². The summed E-state index contributed by atoms with van der Waals surface area (Å²) in [6.45, 7) is 3.86. The Bertz CT molecular complexity index is 318. The largest absolute Gasteiger partial charge is 0.481 e. The van der Waals surface area contributed by atoms with Crippen molar-refractivity contribution in [3.8, 4) is 0 Å². The fraction of sp³-hybridized carbons (Fsp3) is 0.818. The molecule has 0 fully saturated rings. The van der Waals surface area contributed by atoms with Gasteiger partial charge in [0.2, 0.25) is 5.91 Å². The van der Waals surface area contributed by atoms with E-state index in [-0.39, 0.29) is 18.9 Å². The molecule has 0 aliphatic heterocycles. The number of hydrogen-bond acceptors (Lipinski definition) is 6. The first-order chi connectivity index (χ1) is 9.82. The third-order valence-electron chi connectivity index (χ3n) is 2.76. The SMILES string of the molecule is CB(O)NCCCC[C@@H](NB(C)O)C(=O)NCCC(=O)O. The number of carbonyl (C=O) groups is 2. The second kappa shape index (κ2) is 11.6. The number of rotatable bonds is 12. The molecule has 1 amide bonds. The van der Waals surface area contributed by atoms with Crippen LogP contribution in [0.15, 0.2) is 0 Å². The van der Waals surface area contributed by atoms with Crippen molar-refractivity contribution in [3.63, 3.8) is 0 Å². The van der Waals surface area contributed by atoms with Crippen LogP contribution in [0.4, 0.5) is 0 Å². The van der Waals surface area contributed by atoms with Gasteiger partial charge in [-0.25, -0.2) is 0 Å². The van der Waals surface area contributed by atoms with Gasteiger partial charge >= 0.3 is 20.1 Å². The number of amides is 1. The van der Waals surface area contributed by atoms with Crippen molar-refractivity contribution < 1.29 is 24.7 Å². The lowest BCUT2D eigenvalue weighted by Crippen LogP contribution is -2.49. The highest BCUT2D eigenvalue weighted by molar-refractivity contribution is 6.46. The van der Waals surface area contributed by atoms with Crippen LogP contribution < -0.4 is 15.8 Å². The van der Waals surface area contributed by atoms with Crippen molar-refractivity contribution in [3.05, 3.63) is 0 Å². The van der Waals surface area contributed by atoms with E-state index in [9.17, 15) is 14.6 Å². The Kier molecular flexibility index (Phi) is 11.0. The van der Waals surface area contributed by atoms with Crippen molar-refractivity contribution in [2.45, 2.75) is 45.4 Å². The van der Waals surface area contributed by atoms with E-state index >= 15 is 0 Å². The molecule has 0 rings (SSSR count). The zero-order valence-electron chi connectivity index (χ0n) is 12.6. The van der Waals surface area contributed by atoms with Gasteiger partial charge in [0.15, 0.2) is 0 Å². The standard InChI is InChI=1S/C11H25B2N3O5/c1-12(20)15-7-4-3-5-9(16-13(2)21)11(19)14-8-6-10(17)18/h9,15-16,20-21H,3-8H2,1-2H3,(H,14,19)(H,17,18)/t9-/m1/s1. The van der Waals surface area contributed by atoms with E-state index in [0.717, 1.165) is 12.8 Å². The fourth-order valence-electron chi connectivity index (χ4n) is 1.78. The molecule has 0 saturated carbocycles. The summed E-state index contributed by atoms with van der Waals surface area (Å²) in [6.07, 6.45) is 1.90. The van der Waals surface area contributed by atoms with Gasteiger partial charge in [0.1, 0.15) is 0 Å². The van der Waals surface area contributed by atoms with Gasteiger partial charge in [0, 0.05) is 6.54 Å². The smallest absolute Gasteiger partial charge is 0.374 e. The number of carbonyl (C=O) groups excluding carboxylic acids is 1. The molecule has 6 N–H and O–H groups in total. The number of carboxylic acids is 1. The third kappa shape index (κ3) is 12.4. The van der Waals surface area contributed by atoms with Gasteiger partial charge in [0.25, 0.3) is 0 Å². The molecule has 0 unspecified atom stereocenters. The predicted octanol–water partition coefficient (Wildman–Crippen LogP) is -1.48. The van der Waals surface area contributed by atoms with Crippen LogP contribution in [0.5, 0.6) is 0 Å². The molecular formula is C11H25B2N3O5. The van der Waals surface area contributed by atoms with Crippen LogP contribution in [-0.2, 0) is 9.59 Å². The van der Waals surface area contributed by atoms with E-state index in [0.29, 0.717) is 13.0 Å². The van der Waals surface area contributed by atoms with Gasteiger partial charge in [-0.05, 0) is 33.0 Å². The maximum Gasteiger partial charge on any atom is 0.374 e. The average molecular weight is 301 g/mol. The van der Waals surface area contributed by atoms with E-state index in [1.807, 2.05) is 0 Å². The number of nitrogens with one attached hydrogen (secondary N) is 3. The summed E-state index contributed by atoms with van der Waals surface area (Å²) in [6, 6.07) is -0.564. The van der Waals surface area contributed by atoms with Crippen LogP contribution in [0.2, 0.25) is 13.6 Å². The van der Waals surface area contributed by atoms with Gasteiger partial charge in [-0.15, -0.1) is 0 Å². The summed E-state index contributed by atoms with van der Waals surface area (Å²) in [4.78, 5) is 22.3. The van der Waals surface area contributed by atoms with Crippen molar-refractivity contribution in [2.24, 2.45) is 0 Å². The highest BCUT2D eigenvalue weighted by atomic mass is 16.4. The molecule has 21 heavy (non-hydrogen) atoms. The Morgan fingerprint density at radius 2 is 1.76 bits per heavy atom. The third-order valence-corrected chi connectivity index (χ3v) is 2.76. The average Bonchev–Trinajstić information content (AvgIpc) is 2.35. The van der Waals surface area contributed by atoms with Gasteiger partial charge in [-0.2, -0.15) is 0 Å². The van der Waals surface area contributed by atoms with Crippen LogP contribution in [0.3, 0.4) is 0 Å². The fourth-order valence-corrected chi connectivity index (χ4v) is 1.78.